The molecule has 8 amide bonds. The number of carboxylic acids is 4. The van der Waals surface area contributed by atoms with Gasteiger partial charge < -0.3 is 89.0 Å². The van der Waals surface area contributed by atoms with E-state index >= 15 is 14.4 Å². The molecule has 3 unspecified atom stereocenters. The molecular weight excluding hydrogens is 1340 g/mol. The molecule has 3 heterocycles. The van der Waals surface area contributed by atoms with Crippen LogP contribution in [-0.4, -0.2) is 289 Å². The number of aromatic amines is 1. The van der Waals surface area contributed by atoms with Gasteiger partial charge in [0.05, 0.1) is 38.4 Å². The summed E-state index contributed by atoms with van der Waals surface area (Å²) in [5.41, 5.74) is 7.96. The van der Waals surface area contributed by atoms with E-state index in [1.807, 2.05) is 0 Å². The molecule has 33 nitrogen and oxygen atoms in total. The number of aliphatic carboxylic acids is 4. The molecule has 0 aliphatic carbocycles. The lowest BCUT2D eigenvalue weighted by molar-refractivity contribution is -0.145. The van der Waals surface area contributed by atoms with Crippen LogP contribution in [0.25, 0.3) is 10.9 Å². The first-order valence-corrected chi connectivity index (χ1v) is 35.0. The largest absolute Gasteiger partial charge is 0.508 e. The number of benzene rings is 3. The number of aliphatic hydroxyl groups excluding tert-OH is 2. The summed E-state index contributed by atoms with van der Waals surface area (Å²) < 4.78 is 0. The summed E-state index contributed by atoms with van der Waals surface area (Å²) in [7, 11) is 1.66. The van der Waals surface area contributed by atoms with Gasteiger partial charge in [-0.2, -0.15) is 0 Å². The van der Waals surface area contributed by atoms with Gasteiger partial charge in [0.2, 0.25) is 47.3 Å². The van der Waals surface area contributed by atoms with E-state index in [1.54, 1.807) is 80.4 Å². The van der Waals surface area contributed by atoms with Crippen LogP contribution in [0.1, 0.15) is 49.8 Å². The van der Waals surface area contributed by atoms with Crippen LogP contribution in [0.2, 0.25) is 0 Å². The number of fused-ring (bicyclic) bond motifs is 1. The van der Waals surface area contributed by atoms with Gasteiger partial charge in [0.15, 0.2) is 6.04 Å². The molecule has 0 bridgehead atoms. The van der Waals surface area contributed by atoms with Crippen molar-refractivity contribution in [3.8, 4) is 5.75 Å². The Morgan fingerprint density at radius 3 is 1.65 bits per heavy atom. The van der Waals surface area contributed by atoms with Crippen molar-refractivity contribution in [2.75, 3.05) is 96.6 Å². The Hall–Kier alpha value is -8.94. The minimum absolute atomic E-state index is 0.0426. The number of nitrogens with one attached hydrogen (secondary N) is 9. The highest BCUT2D eigenvalue weighted by Crippen LogP contribution is 2.25. The summed E-state index contributed by atoms with van der Waals surface area (Å²) in [5.74, 6) is -14.0. The van der Waals surface area contributed by atoms with Crippen molar-refractivity contribution in [2.24, 2.45) is 5.73 Å². The molecule has 10 atom stereocenters. The van der Waals surface area contributed by atoms with Crippen molar-refractivity contribution in [1.29, 1.82) is 0 Å². The molecule has 2 fully saturated rings. The standard InChI is InChI=1S/C65H90N14O19S2/c1-38(80)56-64(96)73-51(63(95)75-57(39(2)81)65(97)98)37-100-99-36-50(72-59(91)47(28-40-10-4-3-5-11-40)68-52(83)32-76-20-22-77(33-53(84)85)24-26-79(35-55(88)89)27-25-78(23-21-76)34-54(86)87)62(94)70-48(29-41-15-17-43(82)18-16-41)60(92)71-49(30-42-31-67-45-13-7-6-12-44(42)45)61(93)69-46(58(90)74-56)14-8-9-19-66/h3-7,10-13,15-18,31,38-39,46-51,56-57,67,80-82H,8-9,14,19-30,32-37,66H2,1-2H3,(H,68,83)(H,69,93)(H,70,94)(H,71,92)(H,72,91)(H,73,96)(H,74,90)(H,75,95)(H,84,85)(H,86,87)(H,88,89)(H,97,98)/t38?,39?,46-,47+,48?,49+,50-,51-,56-,57-/m0/s1. The number of para-hydroxylation sites is 1. The molecule has 2 saturated heterocycles. The SMILES string of the molecule is CC(O)[C@H](NC(=O)[C@@H]1CSSC[C@H](NC(=O)[C@@H](Cc2ccccc2)NC(=O)CN2CCN(CC(=O)O)CCN(CC(=O)O)CCN(CC(=O)O)CC2)C(=O)NC(Cc2ccc(O)cc2)C(=O)N[C@H](Cc2c[nH]c3ccccc23)C(=O)N[C@@H](CCCCN)C(=O)N[C@@H](C(C)O)C(=O)N1)C(=O)O. The summed E-state index contributed by atoms with van der Waals surface area (Å²) >= 11 is 0. The van der Waals surface area contributed by atoms with Gasteiger partial charge in [0.25, 0.3) is 0 Å². The van der Waals surface area contributed by atoms with Gasteiger partial charge in [-0.3, -0.25) is 72.3 Å². The first-order valence-electron chi connectivity index (χ1n) is 32.5. The number of nitrogens with zero attached hydrogens (tertiary/aromatic N) is 4. The molecule has 0 saturated carbocycles. The predicted molar refractivity (Wildman–Crippen MR) is 367 cm³/mol. The third-order valence-corrected chi connectivity index (χ3v) is 19.0. The fourth-order valence-electron chi connectivity index (χ4n) is 11.1. The molecule has 100 heavy (non-hydrogen) atoms. The third-order valence-electron chi connectivity index (χ3n) is 16.6. The fourth-order valence-corrected chi connectivity index (χ4v) is 13.4. The highest BCUT2D eigenvalue weighted by atomic mass is 33.1. The summed E-state index contributed by atoms with van der Waals surface area (Å²) in [6.07, 6.45) is -1.92. The first-order chi connectivity index (χ1) is 47.7. The lowest BCUT2D eigenvalue weighted by Gasteiger charge is -2.33. The fraction of sp³-hybridized carbons (Fsp3) is 0.508. The number of aromatic hydroxyl groups is 1. The van der Waals surface area contributed by atoms with E-state index in [4.69, 9.17) is 5.73 Å². The molecule has 1 aromatic heterocycles. The highest BCUT2D eigenvalue weighted by Gasteiger charge is 2.38. The average molecular weight is 1440 g/mol. The number of aliphatic hydroxyl groups is 2. The van der Waals surface area contributed by atoms with Crippen LogP contribution in [0.3, 0.4) is 0 Å². The van der Waals surface area contributed by atoms with Crippen molar-refractivity contribution >= 4 is 104 Å². The van der Waals surface area contributed by atoms with Crippen LogP contribution >= 0.6 is 21.6 Å². The maximum absolute atomic E-state index is 15.3. The normalized spacial score (nSPS) is 21.9. The van der Waals surface area contributed by atoms with E-state index < -0.39 is 163 Å². The molecule has 2 aliphatic rings. The van der Waals surface area contributed by atoms with Crippen molar-refractivity contribution in [1.82, 2.24) is 67.1 Å². The minimum Gasteiger partial charge on any atom is -0.508 e. The topological polar surface area (TPSA) is 497 Å². The van der Waals surface area contributed by atoms with Gasteiger partial charge in [-0.15, -0.1) is 0 Å². The first kappa shape index (κ1) is 80.0. The van der Waals surface area contributed by atoms with E-state index in [0.29, 0.717) is 34.0 Å². The maximum atomic E-state index is 15.3. The van der Waals surface area contributed by atoms with Crippen molar-refractivity contribution in [3.05, 3.63) is 102 Å². The zero-order valence-electron chi connectivity index (χ0n) is 55.4. The number of carbonyl (C=O) groups excluding carboxylic acids is 8. The van der Waals surface area contributed by atoms with E-state index in [2.05, 4.69) is 47.5 Å². The smallest absolute Gasteiger partial charge is 0.328 e. The van der Waals surface area contributed by atoms with Gasteiger partial charge in [-0.25, -0.2) is 4.79 Å². The molecule has 18 N–H and O–H groups in total. The van der Waals surface area contributed by atoms with Gasteiger partial charge in [-0.05, 0) is 74.5 Å². The maximum Gasteiger partial charge on any atom is 0.328 e. The minimum atomic E-state index is -1.91. The summed E-state index contributed by atoms with van der Waals surface area (Å²) in [6.45, 7) is 1.38. The molecule has 6 rings (SSSR count). The molecular formula is C65H90N14O19S2. The van der Waals surface area contributed by atoms with E-state index in [-0.39, 0.29) is 103 Å². The number of phenolic OH excluding ortho intramolecular Hbond substituents is 1. The monoisotopic (exact) mass is 1430 g/mol. The lowest BCUT2D eigenvalue weighted by Crippen LogP contribution is -2.62. The zero-order valence-corrected chi connectivity index (χ0v) is 57.1. The number of rotatable bonds is 26. The molecule has 546 valence electrons. The van der Waals surface area contributed by atoms with Crippen molar-refractivity contribution < 1.29 is 93.3 Å². The number of nitrogens with two attached hydrogens (primary N) is 1. The number of aromatic nitrogens is 1. The van der Waals surface area contributed by atoms with Crippen LogP contribution in [0.15, 0.2) is 85.1 Å². The van der Waals surface area contributed by atoms with Crippen LogP contribution in [0.5, 0.6) is 5.75 Å². The molecule has 35 heteroatoms. The van der Waals surface area contributed by atoms with Gasteiger partial charge >= 0.3 is 23.9 Å². The Kier molecular flexibility index (Phi) is 32.3. The van der Waals surface area contributed by atoms with Gasteiger partial charge in [0, 0.05) is 100 Å². The molecule has 2 aliphatic heterocycles. The van der Waals surface area contributed by atoms with E-state index in [0.717, 1.165) is 35.4 Å². The molecule has 3 aromatic carbocycles. The van der Waals surface area contributed by atoms with Crippen LogP contribution in [0.4, 0.5) is 0 Å². The van der Waals surface area contributed by atoms with Gasteiger partial charge in [-0.1, -0.05) is 82.3 Å². The Balaban J connectivity index is 1.41. The number of H-pyrrole nitrogens is 1. The Morgan fingerprint density at radius 2 is 1.10 bits per heavy atom. The average Bonchev–Trinajstić information content (AvgIpc) is 1.59. The predicted octanol–water partition coefficient (Wildman–Crippen LogP) is -3.37. The molecule has 0 radical (unpaired) electrons. The van der Waals surface area contributed by atoms with E-state index in [9.17, 15) is 78.9 Å². The van der Waals surface area contributed by atoms with Crippen LogP contribution in [-0.2, 0) is 76.8 Å². The third kappa shape index (κ3) is 26.6. The number of amides is 8. The number of carboxylic acid groups (broad SMARTS) is 4. The van der Waals surface area contributed by atoms with Crippen molar-refractivity contribution in [2.45, 2.75) is 113 Å². The second-order valence-electron chi connectivity index (χ2n) is 24.5. The number of carbonyl (C=O) groups is 12. The summed E-state index contributed by atoms with van der Waals surface area (Å²) in [6, 6.07) is 7.92. The zero-order chi connectivity index (χ0) is 73.0. The Bertz CT molecular complexity index is 3410. The Labute approximate surface area is 584 Å². The second kappa shape index (κ2) is 40.3. The van der Waals surface area contributed by atoms with E-state index in [1.165, 1.54) is 24.3 Å². The highest BCUT2D eigenvalue weighted by molar-refractivity contribution is 8.76. The number of hydrogen-bond donors (Lipinski definition) is 17. The number of unbranched alkanes of at least 4 members (excludes halogenated alkanes) is 1. The molecule has 4 aromatic rings. The summed E-state index contributed by atoms with van der Waals surface area (Å²) in [5, 5.41) is 92.4. The quantitative estimate of drug-likeness (QED) is 0.0215. The second-order valence-corrected chi connectivity index (χ2v) is 27.0. The van der Waals surface area contributed by atoms with Crippen molar-refractivity contribution in [3.63, 3.8) is 0 Å². The lowest BCUT2D eigenvalue weighted by atomic mass is 10.0. The van der Waals surface area contributed by atoms with Crippen LogP contribution < -0.4 is 48.3 Å². The van der Waals surface area contributed by atoms with Gasteiger partial charge in [0.1, 0.15) is 48.0 Å². The number of hydrogen-bond acceptors (Lipinski definition) is 22. The summed E-state index contributed by atoms with van der Waals surface area (Å²) in [4.78, 5) is 176. The van der Waals surface area contributed by atoms with Crippen LogP contribution in [0, 0.1) is 0 Å². The number of phenols is 1. The molecule has 0 spiro atoms. The Morgan fingerprint density at radius 1 is 0.580 bits per heavy atom.